The largest absolute Gasteiger partial charge is 0.496 e. The first kappa shape index (κ1) is 17.4. The number of halogens is 2. The fourth-order valence-electron chi connectivity index (χ4n) is 2.02. The monoisotopic (exact) mass is 334 g/mol. The highest BCUT2D eigenvalue weighted by molar-refractivity contribution is 5.97. The van der Waals surface area contributed by atoms with Crippen LogP contribution < -0.4 is 15.4 Å². The van der Waals surface area contributed by atoms with Crippen LogP contribution in [0.25, 0.3) is 0 Å². The molecule has 126 valence electrons. The molecule has 0 aliphatic rings. The summed E-state index contributed by atoms with van der Waals surface area (Å²) in [5.74, 6) is -2.04. The summed E-state index contributed by atoms with van der Waals surface area (Å²) >= 11 is 0. The van der Waals surface area contributed by atoms with Crippen molar-refractivity contribution in [3.63, 3.8) is 0 Å². The van der Waals surface area contributed by atoms with Crippen LogP contribution in [0, 0.1) is 11.6 Å². The van der Waals surface area contributed by atoms with E-state index in [4.69, 9.17) is 4.74 Å². The quantitative estimate of drug-likeness (QED) is 0.853. The molecule has 2 rings (SSSR count). The Labute approximate surface area is 137 Å². The first-order chi connectivity index (χ1) is 11.5. The van der Waals surface area contributed by atoms with Crippen molar-refractivity contribution in [1.29, 1.82) is 0 Å². The SMILES string of the molecule is COc1ccccc1C(=O)NCCC(=O)Nc1ccc(F)cc1F. The third-order valence-corrected chi connectivity index (χ3v) is 3.19. The number of carbonyl (C=O) groups excluding carboxylic acids is 2. The lowest BCUT2D eigenvalue weighted by Crippen LogP contribution is -2.28. The summed E-state index contributed by atoms with van der Waals surface area (Å²) in [5.41, 5.74) is 0.238. The molecule has 0 fully saturated rings. The first-order valence-electron chi connectivity index (χ1n) is 7.17. The highest BCUT2D eigenvalue weighted by Crippen LogP contribution is 2.17. The number of hydrogen-bond acceptors (Lipinski definition) is 3. The standard InChI is InChI=1S/C17H16F2N2O3/c1-24-15-5-3-2-4-12(15)17(23)20-9-8-16(22)21-14-7-6-11(18)10-13(14)19/h2-7,10H,8-9H2,1H3,(H,20,23)(H,21,22). The zero-order valence-corrected chi connectivity index (χ0v) is 12.9. The zero-order chi connectivity index (χ0) is 17.5. The minimum atomic E-state index is -0.860. The lowest BCUT2D eigenvalue weighted by Gasteiger charge is -2.09. The molecule has 0 aromatic heterocycles. The third kappa shape index (κ3) is 4.52. The zero-order valence-electron chi connectivity index (χ0n) is 12.9. The van der Waals surface area contributed by atoms with Crippen LogP contribution in [0.5, 0.6) is 5.75 Å². The summed E-state index contributed by atoms with van der Waals surface area (Å²) in [6.45, 7) is 0.0610. The molecule has 0 heterocycles. The molecule has 2 aromatic carbocycles. The molecule has 0 aliphatic heterocycles. The van der Waals surface area contributed by atoms with E-state index in [1.54, 1.807) is 24.3 Å². The van der Waals surface area contributed by atoms with E-state index in [0.29, 0.717) is 17.4 Å². The number of anilines is 1. The molecule has 0 saturated heterocycles. The molecule has 2 aromatic rings. The minimum absolute atomic E-state index is 0.0578. The van der Waals surface area contributed by atoms with Crippen molar-refractivity contribution in [3.05, 3.63) is 59.7 Å². The average molecular weight is 334 g/mol. The minimum Gasteiger partial charge on any atom is -0.496 e. The second-order valence-corrected chi connectivity index (χ2v) is 4.88. The second kappa shape index (κ2) is 8.05. The van der Waals surface area contributed by atoms with Gasteiger partial charge in [-0.15, -0.1) is 0 Å². The van der Waals surface area contributed by atoms with Crippen LogP contribution in [-0.4, -0.2) is 25.5 Å². The highest BCUT2D eigenvalue weighted by Gasteiger charge is 2.12. The Morgan fingerprint density at radius 1 is 1.12 bits per heavy atom. The average Bonchev–Trinajstić information content (AvgIpc) is 2.57. The number of hydrogen-bond donors (Lipinski definition) is 2. The van der Waals surface area contributed by atoms with Crippen molar-refractivity contribution < 1.29 is 23.1 Å². The van der Waals surface area contributed by atoms with Gasteiger partial charge in [0.2, 0.25) is 5.91 Å². The van der Waals surface area contributed by atoms with Gasteiger partial charge < -0.3 is 15.4 Å². The molecule has 5 nitrogen and oxygen atoms in total. The number of amides is 2. The van der Waals surface area contributed by atoms with Crippen LogP contribution in [0.2, 0.25) is 0 Å². The lowest BCUT2D eigenvalue weighted by molar-refractivity contribution is -0.116. The van der Waals surface area contributed by atoms with E-state index in [9.17, 15) is 18.4 Å². The summed E-state index contributed by atoms with van der Waals surface area (Å²) in [4.78, 5) is 23.8. The van der Waals surface area contributed by atoms with Gasteiger partial charge in [-0.3, -0.25) is 9.59 Å². The Hall–Kier alpha value is -2.96. The summed E-state index contributed by atoms with van der Waals surface area (Å²) in [5, 5.41) is 4.90. The number of methoxy groups -OCH3 is 1. The van der Waals surface area contributed by atoms with E-state index in [1.165, 1.54) is 7.11 Å². The predicted molar refractivity (Wildman–Crippen MR) is 84.9 cm³/mol. The first-order valence-corrected chi connectivity index (χ1v) is 7.17. The molecule has 0 aliphatic carbocycles. The lowest BCUT2D eigenvalue weighted by atomic mass is 10.2. The highest BCUT2D eigenvalue weighted by atomic mass is 19.1. The maximum atomic E-state index is 13.4. The third-order valence-electron chi connectivity index (χ3n) is 3.19. The van der Waals surface area contributed by atoms with Gasteiger partial charge in [-0.05, 0) is 24.3 Å². The van der Waals surface area contributed by atoms with Crippen LogP contribution in [0.15, 0.2) is 42.5 Å². The van der Waals surface area contributed by atoms with Crippen LogP contribution in [0.1, 0.15) is 16.8 Å². The Morgan fingerprint density at radius 3 is 2.58 bits per heavy atom. The van der Waals surface area contributed by atoms with Gasteiger partial charge in [-0.2, -0.15) is 0 Å². The summed E-state index contributed by atoms with van der Waals surface area (Å²) in [7, 11) is 1.46. The normalized spacial score (nSPS) is 10.1. The van der Waals surface area contributed by atoms with Crippen molar-refractivity contribution in [2.24, 2.45) is 0 Å². The van der Waals surface area contributed by atoms with E-state index < -0.39 is 17.5 Å². The Kier molecular flexibility index (Phi) is 5.83. The number of ether oxygens (including phenoxy) is 1. The van der Waals surface area contributed by atoms with Crippen molar-refractivity contribution >= 4 is 17.5 Å². The smallest absolute Gasteiger partial charge is 0.255 e. The maximum Gasteiger partial charge on any atom is 0.255 e. The van der Waals surface area contributed by atoms with E-state index in [0.717, 1.165) is 12.1 Å². The topological polar surface area (TPSA) is 67.4 Å². The number of carbonyl (C=O) groups is 2. The van der Waals surface area contributed by atoms with Crippen molar-refractivity contribution in [3.8, 4) is 5.75 Å². The van der Waals surface area contributed by atoms with E-state index in [2.05, 4.69) is 10.6 Å². The Balaban J connectivity index is 1.85. The predicted octanol–water partition coefficient (Wildman–Crippen LogP) is 2.73. The molecular weight excluding hydrogens is 318 g/mol. The van der Waals surface area contributed by atoms with Crippen LogP contribution >= 0.6 is 0 Å². The van der Waals surface area contributed by atoms with Gasteiger partial charge in [0.25, 0.3) is 5.91 Å². The van der Waals surface area contributed by atoms with Gasteiger partial charge in [0.1, 0.15) is 17.4 Å². The van der Waals surface area contributed by atoms with Crippen LogP contribution in [-0.2, 0) is 4.79 Å². The maximum absolute atomic E-state index is 13.4. The van der Waals surface area contributed by atoms with Gasteiger partial charge in [-0.1, -0.05) is 12.1 Å². The molecule has 2 N–H and O–H groups in total. The number of para-hydroxylation sites is 1. The van der Waals surface area contributed by atoms with Crippen molar-refractivity contribution in [2.75, 3.05) is 19.0 Å². The van der Waals surface area contributed by atoms with Gasteiger partial charge in [0.15, 0.2) is 0 Å². The summed E-state index contributed by atoms with van der Waals surface area (Å²) < 4.78 is 31.3. The fourth-order valence-corrected chi connectivity index (χ4v) is 2.02. The number of rotatable bonds is 6. The molecule has 2 amide bonds. The molecule has 0 spiro atoms. The summed E-state index contributed by atoms with van der Waals surface area (Å²) in [6, 6.07) is 9.54. The van der Waals surface area contributed by atoms with Gasteiger partial charge in [0, 0.05) is 19.0 Å². The van der Waals surface area contributed by atoms with E-state index in [1.807, 2.05) is 0 Å². The molecule has 0 radical (unpaired) electrons. The van der Waals surface area contributed by atoms with Gasteiger partial charge in [0.05, 0.1) is 18.4 Å². The Bertz CT molecular complexity index is 750. The second-order valence-electron chi connectivity index (χ2n) is 4.88. The van der Waals surface area contributed by atoms with Crippen LogP contribution in [0.3, 0.4) is 0 Å². The molecule has 24 heavy (non-hydrogen) atoms. The van der Waals surface area contributed by atoms with Crippen molar-refractivity contribution in [2.45, 2.75) is 6.42 Å². The molecule has 0 atom stereocenters. The Morgan fingerprint density at radius 2 is 1.88 bits per heavy atom. The van der Waals surface area contributed by atoms with Gasteiger partial charge in [-0.25, -0.2) is 8.78 Å². The molecule has 0 saturated carbocycles. The molecular formula is C17H16F2N2O3. The number of benzene rings is 2. The summed E-state index contributed by atoms with van der Waals surface area (Å²) in [6.07, 6.45) is -0.0578. The molecule has 7 heteroatoms. The van der Waals surface area contributed by atoms with Crippen LogP contribution in [0.4, 0.5) is 14.5 Å². The van der Waals surface area contributed by atoms with Crippen molar-refractivity contribution in [1.82, 2.24) is 5.32 Å². The van der Waals surface area contributed by atoms with Gasteiger partial charge >= 0.3 is 0 Å². The fraction of sp³-hybridized carbons (Fsp3) is 0.176. The number of nitrogens with one attached hydrogen (secondary N) is 2. The van der Waals surface area contributed by atoms with E-state index in [-0.39, 0.29) is 24.6 Å². The molecule has 0 unspecified atom stereocenters. The van der Waals surface area contributed by atoms with E-state index >= 15 is 0 Å². The molecule has 0 bridgehead atoms.